The van der Waals surface area contributed by atoms with Crippen molar-refractivity contribution in [2.45, 2.75) is 32.1 Å². The van der Waals surface area contributed by atoms with Crippen LogP contribution >= 0.6 is 11.6 Å². The summed E-state index contributed by atoms with van der Waals surface area (Å²) in [5, 5.41) is 0.469. The molecule has 0 aliphatic carbocycles. The zero-order valence-electron chi connectivity index (χ0n) is 17.3. The van der Waals surface area contributed by atoms with Gasteiger partial charge < -0.3 is 9.80 Å². The molecule has 4 nitrogen and oxygen atoms in total. The number of piperidine rings is 2. The van der Waals surface area contributed by atoms with Gasteiger partial charge in [-0.15, -0.1) is 0 Å². The lowest BCUT2D eigenvalue weighted by molar-refractivity contribution is -0.138. The lowest BCUT2D eigenvalue weighted by atomic mass is 9.89. The molecule has 2 aromatic rings. The first kappa shape index (κ1) is 20.9. The standard InChI is InChI=1S/C25H29ClN2O2/c26-23-11-5-4-10-22(23)25(30)28-14-6-9-21(18-28)24(29)27-15-12-20(13-16-27)17-19-7-2-1-3-8-19/h1-5,7-8,10-11,20-21H,6,9,12-18H2/t21-/m0/s1. The molecule has 0 saturated carbocycles. The first-order valence-electron chi connectivity index (χ1n) is 11.0. The van der Waals surface area contributed by atoms with Crippen LogP contribution in [0.4, 0.5) is 0 Å². The minimum atomic E-state index is -0.101. The van der Waals surface area contributed by atoms with Gasteiger partial charge in [-0.25, -0.2) is 0 Å². The highest BCUT2D eigenvalue weighted by atomic mass is 35.5. The zero-order valence-corrected chi connectivity index (χ0v) is 18.1. The van der Waals surface area contributed by atoms with Crippen LogP contribution in [0.1, 0.15) is 41.6 Å². The molecular formula is C25H29ClN2O2. The van der Waals surface area contributed by atoms with Crippen LogP contribution < -0.4 is 0 Å². The SMILES string of the molecule is O=C(c1ccccc1Cl)N1CCC[C@H](C(=O)N2CCC(Cc3ccccc3)CC2)C1. The van der Waals surface area contributed by atoms with Crippen LogP contribution in [0.25, 0.3) is 0 Å². The van der Waals surface area contributed by atoms with Crippen LogP contribution in [0, 0.1) is 11.8 Å². The Balaban J connectivity index is 1.31. The molecule has 2 aliphatic heterocycles. The van der Waals surface area contributed by atoms with Crippen molar-refractivity contribution >= 4 is 23.4 Å². The molecule has 2 saturated heterocycles. The van der Waals surface area contributed by atoms with E-state index in [1.807, 2.05) is 17.0 Å². The molecule has 0 bridgehead atoms. The summed E-state index contributed by atoms with van der Waals surface area (Å²) < 4.78 is 0. The van der Waals surface area contributed by atoms with E-state index in [0.29, 0.717) is 29.6 Å². The number of benzene rings is 2. The van der Waals surface area contributed by atoms with Crippen LogP contribution in [0.2, 0.25) is 5.02 Å². The van der Waals surface area contributed by atoms with Crippen molar-refractivity contribution in [2.75, 3.05) is 26.2 Å². The largest absolute Gasteiger partial charge is 0.342 e. The number of amides is 2. The number of rotatable bonds is 4. The molecule has 2 aliphatic rings. The monoisotopic (exact) mass is 424 g/mol. The summed E-state index contributed by atoms with van der Waals surface area (Å²) in [6, 6.07) is 17.7. The van der Waals surface area contributed by atoms with Crippen molar-refractivity contribution < 1.29 is 9.59 Å². The summed E-state index contributed by atoms with van der Waals surface area (Å²) in [4.78, 5) is 29.9. The molecule has 0 spiro atoms. The summed E-state index contributed by atoms with van der Waals surface area (Å²) in [6.07, 6.45) is 4.91. The van der Waals surface area contributed by atoms with Crippen molar-refractivity contribution in [3.05, 3.63) is 70.7 Å². The molecule has 0 aromatic heterocycles. The highest BCUT2D eigenvalue weighted by molar-refractivity contribution is 6.33. The average Bonchev–Trinajstić information content (AvgIpc) is 2.80. The van der Waals surface area contributed by atoms with Crippen LogP contribution in [-0.4, -0.2) is 47.8 Å². The van der Waals surface area contributed by atoms with E-state index in [-0.39, 0.29) is 17.7 Å². The van der Waals surface area contributed by atoms with Crippen molar-refractivity contribution in [1.29, 1.82) is 0 Å². The number of nitrogens with zero attached hydrogens (tertiary/aromatic N) is 2. The summed E-state index contributed by atoms with van der Waals surface area (Å²) in [5.74, 6) is 0.682. The van der Waals surface area contributed by atoms with E-state index in [9.17, 15) is 9.59 Å². The third-order valence-electron chi connectivity index (χ3n) is 6.46. The van der Waals surface area contributed by atoms with E-state index < -0.39 is 0 Å². The second-order valence-electron chi connectivity index (χ2n) is 8.53. The van der Waals surface area contributed by atoms with Gasteiger partial charge in [-0.1, -0.05) is 54.1 Å². The molecule has 2 amide bonds. The molecule has 2 heterocycles. The minimum absolute atomic E-state index is 0.0698. The molecule has 5 heteroatoms. The van der Waals surface area contributed by atoms with E-state index >= 15 is 0 Å². The molecule has 2 aromatic carbocycles. The fourth-order valence-electron chi connectivity index (χ4n) is 4.73. The average molecular weight is 425 g/mol. The Bertz CT molecular complexity index is 878. The van der Waals surface area contributed by atoms with Gasteiger partial charge in [-0.2, -0.15) is 0 Å². The number of likely N-dealkylation sites (tertiary alicyclic amines) is 2. The maximum absolute atomic E-state index is 13.2. The fourth-order valence-corrected chi connectivity index (χ4v) is 4.95. The Kier molecular flexibility index (Phi) is 6.73. The van der Waals surface area contributed by atoms with E-state index in [1.165, 1.54) is 5.56 Å². The molecule has 0 N–H and O–H groups in total. The van der Waals surface area contributed by atoms with Gasteiger partial charge in [0.25, 0.3) is 5.91 Å². The van der Waals surface area contributed by atoms with Crippen molar-refractivity contribution in [3.63, 3.8) is 0 Å². The predicted molar refractivity (Wildman–Crippen MR) is 120 cm³/mol. The van der Waals surface area contributed by atoms with E-state index in [1.54, 1.807) is 17.0 Å². The number of halogens is 1. The molecule has 1 atom stereocenters. The van der Waals surface area contributed by atoms with Gasteiger partial charge in [-0.3, -0.25) is 9.59 Å². The Labute approximate surface area is 183 Å². The second kappa shape index (κ2) is 9.65. The lowest BCUT2D eigenvalue weighted by Gasteiger charge is -2.38. The molecule has 4 rings (SSSR count). The van der Waals surface area contributed by atoms with Gasteiger partial charge in [0, 0.05) is 26.2 Å². The first-order chi connectivity index (χ1) is 14.6. The summed E-state index contributed by atoms with van der Waals surface area (Å²) in [6.45, 7) is 2.83. The topological polar surface area (TPSA) is 40.6 Å². The first-order valence-corrected chi connectivity index (χ1v) is 11.4. The van der Waals surface area contributed by atoms with Crippen molar-refractivity contribution in [1.82, 2.24) is 9.80 Å². The van der Waals surface area contributed by atoms with Gasteiger partial charge in [0.15, 0.2) is 0 Å². The maximum atomic E-state index is 13.2. The quantitative estimate of drug-likeness (QED) is 0.715. The number of hydrogen-bond donors (Lipinski definition) is 0. The smallest absolute Gasteiger partial charge is 0.255 e. The Morgan fingerprint density at radius 2 is 1.57 bits per heavy atom. The Morgan fingerprint density at radius 1 is 0.867 bits per heavy atom. The second-order valence-corrected chi connectivity index (χ2v) is 8.94. The number of hydrogen-bond acceptors (Lipinski definition) is 2. The summed E-state index contributed by atoms with van der Waals surface area (Å²) in [5.41, 5.74) is 1.90. The number of carbonyl (C=O) groups is 2. The van der Waals surface area contributed by atoms with E-state index in [0.717, 1.165) is 45.2 Å². The third kappa shape index (κ3) is 4.86. The molecule has 158 valence electrons. The normalized spacial score (nSPS) is 20.2. The minimum Gasteiger partial charge on any atom is -0.342 e. The van der Waals surface area contributed by atoms with Gasteiger partial charge in [0.2, 0.25) is 5.91 Å². The Hall–Kier alpha value is -2.33. The zero-order chi connectivity index (χ0) is 20.9. The van der Waals surface area contributed by atoms with E-state index in [4.69, 9.17) is 11.6 Å². The van der Waals surface area contributed by atoms with Gasteiger partial charge in [0.1, 0.15) is 0 Å². The molecule has 0 radical (unpaired) electrons. The molecule has 0 unspecified atom stereocenters. The van der Waals surface area contributed by atoms with Crippen LogP contribution in [0.15, 0.2) is 54.6 Å². The summed E-state index contributed by atoms with van der Waals surface area (Å²) >= 11 is 6.21. The van der Waals surface area contributed by atoms with Crippen molar-refractivity contribution in [3.8, 4) is 0 Å². The maximum Gasteiger partial charge on any atom is 0.255 e. The third-order valence-corrected chi connectivity index (χ3v) is 6.79. The van der Waals surface area contributed by atoms with Gasteiger partial charge in [-0.05, 0) is 55.7 Å². The molecular weight excluding hydrogens is 396 g/mol. The van der Waals surface area contributed by atoms with Crippen LogP contribution in [0.5, 0.6) is 0 Å². The lowest BCUT2D eigenvalue weighted by Crippen LogP contribution is -2.48. The van der Waals surface area contributed by atoms with Crippen LogP contribution in [-0.2, 0) is 11.2 Å². The Morgan fingerprint density at radius 3 is 2.30 bits per heavy atom. The van der Waals surface area contributed by atoms with Gasteiger partial charge >= 0.3 is 0 Å². The van der Waals surface area contributed by atoms with Crippen molar-refractivity contribution in [2.24, 2.45) is 11.8 Å². The fraction of sp³-hybridized carbons (Fsp3) is 0.440. The summed E-state index contributed by atoms with van der Waals surface area (Å²) in [7, 11) is 0. The molecule has 2 fully saturated rings. The van der Waals surface area contributed by atoms with Gasteiger partial charge in [0.05, 0.1) is 16.5 Å². The van der Waals surface area contributed by atoms with E-state index in [2.05, 4.69) is 30.3 Å². The highest BCUT2D eigenvalue weighted by Gasteiger charge is 2.33. The highest BCUT2D eigenvalue weighted by Crippen LogP contribution is 2.27. The van der Waals surface area contributed by atoms with Crippen LogP contribution in [0.3, 0.4) is 0 Å². The predicted octanol–water partition coefficient (Wildman–Crippen LogP) is 4.67. The number of carbonyl (C=O) groups excluding carboxylic acids is 2. The molecule has 30 heavy (non-hydrogen) atoms.